The van der Waals surface area contributed by atoms with Gasteiger partial charge in [0.1, 0.15) is 5.75 Å². The van der Waals surface area contributed by atoms with Crippen molar-refractivity contribution >= 4 is 28.8 Å². The molecule has 0 atom stereocenters. The number of rotatable bonds is 6. The van der Waals surface area contributed by atoms with Gasteiger partial charge in [0.15, 0.2) is 18.1 Å². The number of pyridine rings is 1. The van der Waals surface area contributed by atoms with Crippen molar-refractivity contribution < 1.29 is 9.53 Å². The van der Waals surface area contributed by atoms with E-state index >= 15 is 0 Å². The molecule has 174 valence electrons. The fourth-order valence-corrected chi connectivity index (χ4v) is 3.82. The van der Waals surface area contributed by atoms with E-state index < -0.39 is 0 Å². The Bertz CT molecular complexity index is 1510. The third-order valence-electron chi connectivity index (χ3n) is 5.42. The number of hydrogen-bond donors (Lipinski definition) is 1. The van der Waals surface area contributed by atoms with Gasteiger partial charge < -0.3 is 10.1 Å². The molecule has 5 aromatic rings. The van der Waals surface area contributed by atoms with Crippen LogP contribution in [0.4, 0.5) is 5.69 Å². The first kappa shape index (κ1) is 22.5. The Balaban J connectivity index is 1.33. The Morgan fingerprint density at radius 3 is 2.51 bits per heavy atom. The third-order valence-corrected chi connectivity index (χ3v) is 6.02. The predicted octanol–water partition coefficient (Wildman–Crippen LogP) is 5.14. The number of carbonyl (C=O) groups excluding carboxylic acids is 1. The summed E-state index contributed by atoms with van der Waals surface area (Å²) in [4.78, 5) is 16.6. The second-order valence-corrected chi connectivity index (χ2v) is 8.41. The topological polar surface area (TPSA) is 94.3 Å². The molecule has 0 saturated heterocycles. The van der Waals surface area contributed by atoms with Gasteiger partial charge in [-0.1, -0.05) is 23.7 Å². The number of benzene rings is 2. The van der Waals surface area contributed by atoms with Crippen LogP contribution in [0.15, 0.2) is 73.1 Å². The summed E-state index contributed by atoms with van der Waals surface area (Å²) >= 11 is 6.20. The van der Waals surface area contributed by atoms with Crippen molar-refractivity contribution in [3.8, 4) is 28.4 Å². The smallest absolute Gasteiger partial charge is 0.262 e. The maximum atomic E-state index is 12.5. The molecule has 9 heteroatoms. The lowest BCUT2D eigenvalue weighted by molar-refractivity contribution is -0.118. The van der Waals surface area contributed by atoms with Crippen molar-refractivity contribution in [2.45, 2.75) is 13.8 Å². The molecular formula is C26H21ClN6O2. The number of halogens is 1. The first-order valence-electron chi connectivity index (χ1n) is 10.9. The minimum absolute atomic E-state index is 0.120. The minimum atomic E-state index is -0.269. The number of fused-ring (bicyclic) bond motifs is 1. The number of ether oxygens (including phenoxy) is 1. The lowest BCUT2D eigenvalue weighted by Crippen LogP contribution is -2.20. The molecule has 0 fully saturated rings. The van der Waals surface area contributed by atoms with Crippen LogP contribution < -0.4 is 10.1 Å². The van der Waals surface area contributed by atoms with Gasteiger partial charge in [-0.3, -0.25) is 9.78 Å². The molecule has 2 aromatic carbocycles. The maximum absolute atomic E-state index is 12.5. The van der Waals surface area contributed by atoms with Crippen LogP contribution in [0.25, 0.3) is 28.3 Å². The molecule has 0 unspecified atom stereocenters. The van der Waals surface area contributed by atoms with Gasteiger partial charge >= 0.3 is 0 Å². The molecule has 5 rings (SSSR count). The summed E-state index contributed by atoms with van der Waals surface area (Å²) in [6.45, 7) is 3.68. The van der Waals surface area contributed by atoms with Crippen molar-refractivity contribution in [2.24, 2.45) is 0 Å². The van der Waals surface area contributed by atoms with Crippen LogP contribution in [-0.2, 0) is 4.79 Å². The molecule has 1 N–H and O–H groups in total. The number of anilines is 1. The van der Waals surface area contributed by atoms with Crippen molar-refractivity contribution in [1.82, 2.24) is 24.8 Å². The standard InChI is InChI=1S/C26H21ClN6O2/c1-16-12-21(13-17(2)25(16)27)35-15-24(34)29-20-5-3-4-19(14-20)22-6-7-23-30-31-26(33(23)32-22)18-8-10-28-11-9-18/h3-14H,15H2,1-2H3,(H,29,34). The van der Waals surface area contributed by atoms with Crippen LogP contribution in [0.3, 0.4) is 0 Å². The Kier molecular flexibility index (Phi) is 6.12. The van der Waals surface area contributed by atoms with Gasteiger partial charge in [0.05, 0.1) is 5.69 Å². The highest BCUT2D eigenvalue weighted by Gasteiger charge is 2.12. The van der Waals surface area contributed by atoms with Crippen molar-refractivity contribution in [3.05, 3.63) is 89.2 Å². The Hall–Kier alpha value is -4.30. The monoisotopic (exact) mass is 484 g/mol. The van der Waals surface area contributed by atoms with E-state index in [0.29, 0.717) is 33.6 Å². The number of hydrogen-bond acceptors (Lipinski definition) is 6. The van der Waals surface area contributed by atoms with E-state index in [1.807, 2.05) is 74.5 Å². The Labute approximate surface area is 206 Å². The molecule has 0 aliphatic heterocycles. The fourth-order valence-electron chi connectivity index (χ4n) is 3.72. The molecule has 0 bridgehead atoms. The zero-order valence-electron chi connectivity index (χ0n) is 19.1. The normalized spacial score (nSPS) is 10.9. The number of aromatic nitrogens is 5. The number of aryl methyl sites for hydroxylation is 2. The summed E-state index contributed by atoms with van der Waals surface area (Å²) in [6.07, 6.45) is 3.40. The molecule has 0 saturated carbocycles. The van der Waals surface area contributed by atoms with Gasteiger partial charge in [0.25, 0.3) is 5.91 Å². The molecule has 3 aromatic heterocycles. The van der Waals surface area contributed by atoms with Crippen molar-refractivity contribution in [2.75, 3.05) is 11.9 Å². The van der Waals surface area contributed by atoms with Gasteiger partial charge in [-0.25, -0.2) is 0 Å². The summed E-state index contributed by atoms with van der Waals surface area (Å²) < 4.78 is 7.36. The molecular weight excluding hydrogens is 464 g/mol. The molecule has 0 aliphatic rings. The quantitative estimate of drug-likeness (QED) is 0.358. The molecule has 0 aliphatic carbocycles. The predicted molar refractivity (Wildman–Crippen MR) is 134 cm³/mol. The zero-order valence-corrected chi connectivity index (χ0v) is 19.8. The highest BCUT2D eigenvalue weighted by molar-refractivity contribution is 6.32. The summed E-state index contributed by atoms with van der Waals surface area (Å²) in [7, 11) is 0. The van der Waals surface area contributed by atoms with E-state index in [1.54, 1.807) is 16.9 Å². The van der Waals surface area contributed by atoms with Crippen molar-refractivity contribution in [1.29, 1.82) is 0 Å². The van der Waals surface area contributed by atoms with E-state index in [0.717, 1.165) is 22.3 Å². The summed E-state index contributed by atoms with van der Waals surface area (Å²) in [5.74, 6) is 0.956. The highest BCUT2D eigenvalue weighted by Crippen LogP contribution is 2.26. The Morgan fingerprint density at radius 1 is 0.971 bits per heavy atom. The van der Waals surface area contributed by atoms with Gasteiger partial charge in [-0.05, 0) is 73.5 Å². The van der Waals surface area contributed by atoms with Crippen LogP contribution in [0.2, 0.25) is 5.02 Å². The van der Waals surface area contributed by atoms with Gasteiger partial charge in [0.2, 0.25) is 0 Å². The average molecular weight is 485 g/mol. The highest BCUT2D eigenvalue weighted by atomic mass is 35.5. The average Bonchev–Trinajstić information content (AvgIpc) is 3.30. The largest absolute Gasteiger partial charge is 0.484 e. The summed E-state index contributed by atoms with van der Waals surface area (Å²) in [5, 5.41) is 16.8. The van der Waals surface area contributed by atoms with E-state index in [1.165, 1.54) is 0 Å². The number of amides is 1. The van der Waals surface area contributed by atoms with Crippen LogP contribution in [0.5, 0.6) is 5.75 Å². The minimum Gasteiger partial charge on any atom is -0.484 e. The third kappa shape index (κ3) is 4.83. The fraction of sp³-hybridized carbons (Fsp3) is 0.115. The summed E-state index contributed by atoms with van der Waals surface area (Å²) in [5.41, 5.74) is 5.49. The van der Waals surface area contributed by atoms with Crippen LogP contribution in [0, 0.1) is 13.8 Å². The maximum Gasteiger partial charge on any atom is 0.262 e. The number of nitrogens with zero attached hydrogens (tertiary/aromatic N) is 5. The van der Waals surface area contributed by atoms with Crippen molar-refractivity contribution in [3.63, 3.8) is 0 Å². The van der Waals surface area contributed by atoms with E-state index in [4.69, 9.17) is 21.4 Å². The van der Waals surface area contributed by atoms with E-state index in [-0.39, 0.29) is 12.5 Å². The van der Waals surface area contributed by atoms with Gasteiger partial charge in [-0.2, -0.15) is 9.61 Å². The molecule has 8 nitrogen and oxygen atoms in total. The van der Waals surface area contributed by atoms with Gasteiger partial charge in [0, 0.05) is 34.2 Å². The van der Waals surface area contributed by atoms with Crippen LogP contribution in [-0.4, -0.2) is 37.3 Å². The molecule has 1 amide bonds. The first-order valence-corrected chi connectivity index (χ1v) is 11.3. The van der Waals surface area contributed by atoms with Gasteiger partial charge in [-0.15, -0.1) is 10.2 Å². The molecule has 0 spiro atoms. The van der Waals surface area contributed by atoms with Crippen LogP contribution in [0.1, 0.15) is 11.1 Å². The number of nitrogens with one attached hydrogen (secondary N) is 1. The lowest BCUT2D eigenvalue weighted by atomic mass is 10.1. The SMILES string of the molecule is Cc1cc(OCC(=O)Nc2cccc(-c3ccc4nnc(-c5ccncc5)n4n3)c2)cc(C)c1Cl. The van der Waals surface area contributed by atoms with E-state index in [2.05, 4.69) is 20.5 Å². The summed E-state index contributed by atoms with van der Waals surface area (Å²) in [6, 6.07) is 18.5. The number of carbonyl (C=O) groups is 1. The molecule has 0 radical (unpaired) electrons. The van der Waals surface area contributed by atoms with E-state index in [9.17, 15) is 4.79 Å². The second kappa shape index (κ2) is 9.52. The van der Waals surface area contributed by atoms with Crippen LogP contribution >= 0.6 is 11.6 Å². The zero-order chi connectivity index (χ0) is 24.4. The second-order valence-electron chi connectivity index (χ2n) is 8.04. The Morgan fingerprint density at radius 2 is 1.74 bits per heavy atom. The molecule has 3 heterocycles. The lowest BCUT2D eigenvalue weighted by Gasteiger charge is -2.11. The molecule has 35 heavy (non-hydrogen) atoms. The first-order chi connectivity index (χ1) is 17.0.